The number of carbonyl (C=O) groups excluding carboxylic acids is 1. The van der Waals surface area contributed by atoms with E-state index in [4.69, 9.17) is 23.5 Å². The van der Waals surface area contributed by atoms with Gasteiger partial charge in [-0.3, -0.25) is 14.4 Å². The van der Waals surface area contributed by atoms with E-state index in [0.717, 1.165) is 43.8 Å². The molecule has 3 aliphatic rings. The Hall–Kier alpha value is -5.05. The van der Waals surface area contributed by atoms with Crippen LogP contribution in [0.4, 0.5) is 0 Å². The summed E-state index contributed by atoms with van der Waals surface area (Å²) in [6, 6.07) is 27.3. The highest BCUT2D eigenvalue weighted by Crippen LogP contribution is 2.41. The van der Waals surface area contributed by atoms with Crippen molar-refractivity contribution in [1.29, 1.82) is 0 Å². The van der Waals surface area contributed by atoms with Crippen molar-refractivity contribution >= 4 is 56.0 Å². The number of benzene rings is 4. The summed E-state index contributed by atoms with van der Waals surface area (Å²) in [5, 5.41) is 53.9. The number of aliphatic hydroxyl groups excluding tert-OH is 5. The number of aryl methyl sites for hydroxylation is 2. The van der Waals surface area contributed by atoms with E-state index in [1.807, 2.05) is 116 Å². The second-order valence-electron chi connectivity index (χ2n) is 23.9. The van der Waals surface area contributed by atoms with Crippen LogP contribution in [0.3, 0.4) is 0 Å². The molecule has 4 unspecified atom stereocenters. The van der Waals surface area contributed by atoms with Crippen LogP contribution in [0.2, 0.25) is 0 Å². The molecule has 15 nitrogen and oxygen atoms in total. The Morgan fingerprint density at radius 1 is 0.679 bits per heavy atom. The lowest BCUT2D eigenvalue weighted by atomic mass is 9.76. The van der Waals surface area contributed by atoms with Crippen LogP contribution in [0.25, 0.3) is 32.7 Å². The van der Waals surface area contributed by atoms with Gasteiger partial charge >= 0.3 is 13.1 Å². The summed E-state index contributed by atoms with van der Waals surface area (Å²) in [7, 11) is -0.448. The summed E-state index contributed by atoms with van der Waals surface area (Å²) >= 11 is 3.52. The first-order chi connectivity index (χ1) is 38.0. The van der Waals surface area contributed by atoms with Crippen LogP contribution in [0.5, 0.6) is 0 Å². The zero-order chi connectivity index (χ0) is 59.7. The zero-order valence-electron chi connectivity index (χ0n) is 49.6. The molecule has 0 saturated carbocycles. The molecule has 438 valence electrons. The summed E-state index contributed by atoms with van der Waals surface area (Å²) in [6.07, 6.45) is -3.69. The highest BCUT2D eigenvalue weighted by atomic mass is 79.9. The Morgan fingerprint density at radius 3 is 1.73 bits per heavy atom. The summed E-state index contributed by atoms with van der Waals surface area (Å²) in [6.45, 7) is 29.6. The number of hydrogen-bond donors (Lipinski definition) is 5. The van der Waals surface area contributed by atoms with E-state index in [-0.39, 0.29) is 70.5 Å². The van der Waals surface area contributed by atoms with Crippen LogP contribution in [-0.4, -0.2) is 114 Å². The molecular weight excluding hydrogens is 1100 g/mol. The van der Waals surface area contributed by atoms with Crippen molar-refractivity contribution in [3.8, 4) is 11.1 Å². The first kappa shape index (κ1) is 63.5. The lowest BCUT2D eigenvalue weighted by Gasteiger charge is -2.46. The van der Waals surface area contributed by atoms with Gasteiger partial charge < -0.3 is 58.2 Å². The maximum Gasteiger partial charge on any atom is 0.494 e. The Bertz CT molecular complexity index is 3290. The minimum absolute atomic E-state index is 0.0240. The molecule has 2 aromatic heterocycles. The molecule has 12 atom stereocenters. The standard InChI is InChI=1S/C26H31NO7.C20H29BrO3.C18H24BNO3/c1-13(2)27-9-8-15-4-5-17(11-19(15)26(27)33)16-6-7-18(14(3)10-16)21(29)25-24(32)23(31)22(30)20(12-28)34-25;1-7-18-12(3)13(4)19(23-15(6)22)20(24-18)14(5)17-9-8-16(21)10-11(17)2;1-12(2)20-10-9-13-7-8-14(11-15(13)16(20)21)19-22-17(3,4)18(5,6)23-19/h4-11,13,20-25,28-32H,12H2,1-3H3;8-10,12-14,18-20H,7H2,1-6H3;7-12H,1-6H3/t20?,21-,22-,23+,24?,25-;12-,13-,14+,18?,19?,20+;/m10./s1. The number of halogens is 1. The Balaban J connectivity index is 0.000000180. The van der Waals surface area contributed by atoms with E-state index in [2.05, 4.69) is 68.7 Å². The van der Waals surface area contributed by atoms with Gasteiger partial charge in [-0.25, -0.2) is 0 Å². The largest absolute Gasteiger partial charge is 0.494 e. The monoisotopic (exact) mass is 1180 g/mol. The number of ether oxygens (including phenoxy) is 3. The molecule has 0 amide bonds. The van der Waals surface area contributed by atoms with Gasteiger partial charge in [-0.1, -0.05) is 92.2 Å². The summed E-state index contributed by atoms with van der Waals surface area (Å²) in [4.78, 5) is 37.2. The number of nitrogens with zero attached hydrogens (tertiary/aromatic N) is 2. The van der Waals surface area contributed by atoms with Crippen LogP contribution in [0.1, 0.15) is 143 Å². The molecule has 0 bridgehead atoms. The molecule has 0 radical (unpaired) electrons. The SMILES string of the molecule is CC(C)n1ccc2ccc(B3OC(C)(C)C(C)(C)O3)cc2c1=O.CCC1O[C@H]([C@H](C)c2ccc(Br)cc2C)C(OC(C)=O)[C@@H](C)[C@@H]1C.Cc1cc(-c2ccc3ccn(C(C)C)c(=O)c3c2)ccc1[C@@H](O)[C@H]1OC(CO)[C@@H](O)[C@H](O)C1O. The van der Waals surface area contributed by atoms with Crippen LogP contribution in [0.15, 0.2) is 111 Å². The molecule has 3 fully saturated rings. The maximum absolute atomic E-state index is 12.9. The van der Waals surface area contributed by atoms with Crippen molar-refractivity contribution in [3.05, 3.63) is 145 Å². The van der Waals surface area contributed by atoms with E-state index in [1.54, 1.807) is 34.4 Å². The van der Waals surface area contributed by atoms with Crippen molar-refractivity contribution in [2.24, 2.45) is 11.8 Å². The molecule has 5 heterocycles. The van der Waals surface area contributed by atoms with Crippen LogP contribution >= 0.6 is 15.9 Å². The Kier molecular flexibility index (Phi) is 20.3. The topological polar surface area (TPSA) is 208 Å². The van der Waals surface area contributed by atoms with Crippen molar-refractivity contribution in [2.75, 3.05) is 6.61 Å². The minimum atomic E-state index is -1.56. The van der Waals surface area contributed by atoms with Gasteiger partial charge in [-0.15, -0.1) is 0 Å². The van der Waals surface area contributed by atoms with Crippen molar-refractivity contribution in [1.82, 2.24) is 9.13 Å². The summed E-state index contributed by atoms with van der Waals surface area (Å²) in [5.74, 6) is 0.568. The van der Waals surface area contributed by atoms with Crippen LogP contribution in [0, 0.1) is 25.7 Å². The lowest BCUT2D eigenvalue weighted by Crippen LogP contribution is -2.59. The van der Waals surface area contributed by atoms with Gasteiger partial charge in [0, 0.05) is 58.5 Å². The molecule has 3 saturated heterocycles. The molecule has 0 aliphatic carbocycles. The number of esters is 1. The zero-order valence-corrected chi connectivity index (χ0v) is 51.2. The number of hydrogen-bond acceptors (Lipinski definition) is 13. The smallest absolute Gasteiger partial charge is 0.459 e. The van der Waals surface area contributed by atoms with E-state index in [1.165, 1.54) is 18.1 Å². The van der Waals surface area contributed by atoms with Gasteiger partial charge in [0.15, 0.2) is 0 Å². The summed E-state index contributed by atoms with van der Waals surface area (Å²) in [5.41, 5.74) is 5.45. The molecular formula is C64H84BBrN2O13. The van der Waals surface area contributed by atoms with Crippen LogP contribution < -0.4 is 16.6 Å². The third-order valence-electron chi connectivity index (χ3n) is 17.2. The number of carbonyl (C=O) groups is 1. The Morgan fingerprint density at radius 2 is 1.20 bits per heavy atom. The average molecular weight is 1180 g/mol. The number of pyridine rings is 2. The first-order valence-corrected chi connectivity index (χ1v) is 29.1. The molecule has 9 rings (SSSR count). The fourth-order valence-electron chi connectivity index (χ4n) is 11.3. The number of fused-ring (bicyclic) bond motifs is 2. The average Bonchev–Trinajstić information content (AvgIpc) is 3.65. The van der Waals surface area contributed by atoms with Crippen molar-refractivity contribution in [3.63, 3.8) is 0 Å². The van der Waals surface area contributed by atoms with Gasteiger partial charge in [0.05, 0.1) is 23.9 Å². The molecule has 6 aromatic rings. The maximum atomic E-state index is 12.9. The van der Waals surface area contributed by atoms with Gasteiger partial charge in [0.2, 0.25) is 0 Å². The molecule has 81 heavy (non-hydrogen) atoms. The second kappa shape index (κ2) is 25.8. The van der Waals surface area contributed by atoms with Crippen molar-refractivity contribution in [2.45, 2.75) is 194 Å². The van der Waals surface area contributed by atoms with Crippen LogP contribution in [-0.2, 0) is 28.3 Å². The highest BCUT2D eigenvalue weighted by Gasteiger charge is 2.52. The van der Waals surface area contributed by atoms with E-state index >= 15 is 0 Å². The quantitative estimate of drug-likeness (QED) is 0.0606. The molecule has 5 N–H and O–H groups in total. The van der Waals surface area contributed by atoms with E-state index < -0.39 is 50.3 Å². The Labute approximate surface area is 485 Å². The number of aliphatic hydroxyl groups is 5. The first-order valence-electron chi connectivity index (χ1n) is 28.4. The van der Waals surface area contributed by atoms with Gasteiger partial charge in [0.1, 0.15) is 48.8 Å². The number of aromatic nitrogens is 2. The van der Waals surface area contributed by atoms with Crippen molar-refractivity contribution < 1.29 is 53.8 Å². The third kappa shape index (κ3) is 13.5. The van der Waals surface area contributed by atoms with E-state index in [0.29, 0.717) is 22.3 Å². The fourth-order valence-corrected chi connectivity index (χ4v) is 11.8. The highest BCUT2D eigenvalue weighted by molar-refractivity contribution is 9.10. The van der Waals surface area contributed by atoms with Gasteiger partial charge in [-0.05, 0) is 168 Å². The predicted octanol–water partition coefficient (Wildman–Crippen LogP) is 9.56. The minimum Gasteiger partial charge on any atom is -0.459 e. The normalized spacial score (nSPS) is 25.9. The molecule has 17 heteroatoms. The van der Waals surface area contributed by atoms with Gasteiger partial charge in [0.25, 0.3) is 11.1 Å². The summed E-state index contributed by atoms with van der Waals surface area (Å²) < 4.78 is 34.4. The van der Waals surface area contributed by atoms with Gasteiger partial charge in [-0.2, -0.15) is 0 Å². The lowest BCUT2D eigenvalue weighted by molar-refractivity contribution is -0.250. The number of rotatable bonds is 11. The third-order valence-corrected chi connectivity index (χ3v) is 17.7. The van der Waals surface area contributed by atoms with E-state index in [9.17, 15) is 39.9 Å². The molecule has 4 aromatic carbocycles. The second-order valence-corrected chi connectivity index (χ2v) is 24.8. The fraction of sp³-hybridized carbons (Fsp3) is 0.516. The molecule has 0 spiro atoms. The predicted molar refractivity (Wildman–Crippen MR) is 322 cm³/mol. The molecule has 3 aliphatic heterocycles.